The van der Waals surface area contributed by atoms with E-state index in [0.29, 0.717) is 67.9 Å². The Balaban J connectivity index is 1.05. The van der Waals surface area contributed by atoms with E-state index in [2.05, 4.69) is 17.2 Å². The number of hydrogen-bond donors (Lipinski definition) is 5. The van der Waals surface area contributed by atoms with Crippen molar-refractivity contribution in [3.63, 3.8) is 0 Å². The van der Waals surface area contributed by atoms with Crippen LogP contribution in [-0.4, -0.2) is 57.8 Å². The Morgan fingerprint density at radius 3 is 2.55 bits per heavy atom. The van der Waals surface area contributed by atoms with E-state index in [1.54, 1.807) is 24.3 Å². The van der Waals surface area contributed by atoms with E-state index in [-0.39, 0.29) is 35.0 Å². The van der Waals surface area contributed by atoms with Crippen LogP contribution in [0.25, 0.3) is 10.8 Å². The van der Waals surface area contributed by atoms with Crippen LogP contribution in [0, 0.1) is 35.0 Å². The largest absolute Gasteiger partial charge is 0.508 e. The molecule has 8 heteroatoms. The number of aryl methyl sites for hydroxylation is 1. The van der Waals surface area contributed by atoms with Gasteiger partial charge in [-0.25, -0.2) is 0 Å². The van der Waals surface area contributed by atoms with Crippen molar-refractivity contribution in [2.75, 3.05) is 13.7 Å². The van der Waals surface area contributed by atoms with E-state index in [0.717, 1.165) is 53.3 Å². The molecule has 3 fully saturated rings. The molecule has 2 saturated carbocycles. The molecular formula is C45H55NO7. The number of ether oxygens (including phenoxy) is 1. The van der Waals surface area contributed by atoms with E-state index in [9.17, 15) is 30.0 Å². The third-order valence-corrected chi connectivity index (χ3v) is 13.2. The summed E-state index contributed by atoms with van der Waals surface area (Å²) >= 11 is 0. The Morgan fingerprint density at radius 2 is 1.74 bits per heavy atom. The average Bonchev–Trinajstić information content (AvgIpc) is 3.66. The maximum absolute atomic E-state index is 13.7. The van der Waals surface area contributed by atoms with Crippen molar-refractivity contribution in [2.45, 2.75) is 120 Å². The van der Waals surface area contributed by atoms with Gasteiger partial charge < -0.3 is 30.5 Å². The van der Waals surface area contributed by atoms with Crippen molar-refractivity contribution in [3.05, 3.63) is 65.2 Å². The molecule has 3 aromatic rings. The molecule has 0 bridgehead atoms. The number of phenols is 2. The van der Waals surface area contributed by atoms with E-state index >= 15 is 0 Å². The molecule has 0 amide bonds. The number of aliphatic hydroxyl groups excluding tert-OH is 2. The van der Waals surface area contributed by atoms with Gasteiger partial charge in [0.05, 0.1) is 19.3 Å². The molecule has 0 aromatic heterocycles. The number of hydrogen-bond acceptors (Lipinski definition) is 8. The van der Waals surface area contributed by atoms with E-state index < -0.39 is 18.1 Å². The maximum Gasteiger partial charge on any atom is 0.160 e. The Bertz CT molecular complexity index is 1870. The first kappa shape index (κ1) is 37.4. The van der Waals surface area contributed by atoms with Crippen LogP contribution in [0.2, 0.25) is 0 Å². The monoisotopic (exact) mass is 721 g/mol. The minimum atomic E-state index is -0.876. The summed E-state index contributed by atoms with van der Waals surface area (Å²) in [5, 5.41) is 49.1. The van der Waals surface area contributed by atoms with Gasteiger partial charge >= 0.3 is 0 Å². The minimum Gasteiger partial charge on any atom is -0.508 e. The minimum absolute atomic E-state index is 0.0000393. The molecule has 8 nitrogen and oxygen atoms in total. The van der Waals surface area contributed by atoms with Gasteiger partial charge in [-0.1, -0.05) is 49.3 Å². The fourth-order valence-electron chi connectivity index (χ4n) is 10.1. The topological polar surface area (TPSA) is 136 Å². The molecular weight excluding hydrogens is 666 g/mol. The molecule has 53 heavy (non-hydrogen) atoms. The number of nitrogens with one attached hydrogen (secondary N) is 1. The molecule has 0 spiro atoms. The molecule has 1 saturated heterocycles. The van der Waals surface area contributed by atoms with Crippen LogP contribution in [0.3, 0.4) is 0 Å². The van der Waals surface area contributed by atoms with Crippen LogP contribution < -0.4 is 10.1 Å². The number of phenolic OH excluding ortho intramolecular Hbond substituents is 2. The Labute approximate surface area is 313 Å². The molecule has 5 N–H and O–H groups in total. The summed E-state index contributed by atoms with van der Waals surface area (Å²) in [6, 6.07) is 14.6. The highest BCUT2D eigenvalue weighted by molar-refractivity contribution is 5.85. The maximum atomic E-state index is 13.7. The summed E-state index contributed by atoms with van der Waals surface area (Å²) in [4.78, 5) is 25.8. The number of aromatic hydroxyl groups is 2. The van der Waals surface area contributed by atoms with Gasteiger partial charge in [-0.3, -0.25) is 9.59 Å². The average molecular weight is 722 g/mol. The van der Waals surface area contributed by atoms with E-state index in [4.69, 9.17) is 4.74 Å². The standard InChI is InChI=1S/C45H55NO7/c1-53-44-24-31-12-17-42(51)37(41(50)5-4-20-45(18-2-3-19-45)34-22-32-9-14-36(48)25-39(32)46-27-34)15-10-28(38(31)26-43(44)52)11-16-40(49)33-7-6-30-23-35(47)13-8-29(30)21-33/h6-8,13,21,23-24,26,28,32,34,37,39-41,46-47,49-50,52H,2-5,9,11-12,14,16-20,22,25,27H2,1H3. The lowest BCUT2D eigenvalue weighted by Gasteiger charge is -2.47. The highest BCUT2D eigenvalue weighted by Crippen LogP contribution is 2.52. The van der Waals surface area contributed by atoms with Crippen molar-refractivity contribution in [2.24, 2.45) is 23.2 Å². The molecule has 3 aliphatic carbocycles. The second kappa shape index (κ2) is 16.2. The van der Waals surface area contributed by atoms with Gasteiger partial charge in [-0.2, -0.15) is 0 Å². The lowest BCUT2D eigenvalue weighted by molar-refractivity contribution is -0.124. The number of benzene rings is 3. The normalized spacial score (nSPS) is 26.7. The molecule has 7 unspecified atom stereocenters. The number of carbonyl (C=O) groups excluding carboxylic acids is 2. The predicted molar refractivity (Wildman–Crippen MR) is 205 cm³/mol. The van der Waals surface area contributed by atoms with Gasteiger partial charge in [0.15, 0.2) is 17.3 Å². The number of methoxy groups -OCH3 is 1. The SMILES string of the molecule is COc1cc2c(cc1O)C(CCC(O)c1ccc3cc(O)ccc3c1)C#CC(C(O)CCCC1(C3CNC4CC(=O)CCC4C3)CCCC1)C(=O)CC2. The summed E-state index contributed by atoms with van der Waals surface area (Å²) in [7, 11) is 1.50. The quantitative estimate of drug-likeness (QED) is 0.129. The van der Waals surface area contributed by atoms with Gasteiger partial charge in [0, 0.05) is 31.2 Å². The first-order valence-corrected chi connectivity index (χ1v) is 19.9. The Morgan fingerprint density at radius 1 is 0.943 bits per heavy atom. The van der Waals surface area contributed by atoms with Crippen LogP contribution in [0.15, 0.2) is 48.5 Å². The molecule has 282 valence electrons. The highest BCUT2D eigenvalue weighted by atomic mass is 16.5. The van der Waals surface area contributed by atoms with Crippen molar-refractivity contribution in [1.82, 2.24) is 5.32 Å². The van der Waals surface area contributed by atoms with Crippen LogP contribution in [0.1, 0.15) is 119 Å². The number of carbonyl (C=O) groups is 2. The first-order valence-electron chi connectivity index (χ1n) is 19.9. The zero-order valence-electron chi connectivity index (χ0n) is 31.0. The fraction of sp³-hybridized carbons (Fsp3) is 0.556. The third-order valence-electron chi connectivity index (χ3n) is 13.2. The molecule has 4 aliphatic rings. The van der Waals surface area contributed by atoms with Gasteiger partial charge in [-0.15, -0.1) is 0 Å². The first-order chi connectivity index (χ1) is 25.6. The van der Waals surface area contributed by atoms with Crippen molar-refractivity contribution < 1.29 is 34.8 Å². The highest BCUT2D eigenvalue weighted by Gasteiger charge is 2.45. The lowest BCUT2D eigenvalue weighted by atomic mass is 9.63. The van der Waals surface area contributed by atoms with Crippen LogP contribution in [-0.2, 0) is 16.0 Å². The third kappa shape index (κ3) is 8.28. The summed E-state index contributed by atoms with van der Waals surface area (Å²) in [5.41, 5.74) is 2.69. The molecule has 1 aliphatic heterocycles. The lowest BCUT2D eigenvalue weighted by Crippen LogP contribution is -2.52. The van der Waals surface area contributed by atoms with Gasteiger partial charge in [0.1, 0.15) is 17.5 Å². The second-order valence-electron chi connectivity index (χ2n) is 16.4. The van der Waals surface area contributed by atoms with Crippen LogP contribution in [0.4, 0.5) is 0 Å². The molecule has 0 radical (unpaired) electrons. The number of rotatable bonds is 11. The van der Waals surface area contributed by atoms with Crippen LogP contribution in [0.5, 0.6) is 17.2 Å². The number of aliphatic hydroxyl groups is 2. The molecule has 1 heterocycles. The number of piperidine rings is 1. The summed E-state index contributed by atoms with van der Waals surface area (Å²) in [6.45, 7) is 0.964. The fourth-order valence-corrected chi connectivity index (χ4v) is 10.1. The summed E-state index contributed by atoms with van der Waals surface area (Å²) < 4.78 is 5.42. The molecule has 3 aromatic carbocycles. The summed E-state index contributed by atoms with van der Waals surface area (Å²) in [5.74, 6) is 7.38. The molecule has 7 rings (SSSR count). The number of Topliss-reactive ketones (excluding diaryl/α,β-unsaturated/α-hetero) is 2. The van der Waals surface area contributed by atoms with E-state index in [1.165, 1.54) is 39.2 Å². The van der Waals surface area contributed by atoms with Gasteiger partial charge in [0.25, 0.3) is 0 Å². The smallest absolute Gasteiger partial charge is 0.160 e. The Hall–Kier alpha value is -3.90. The Kier molecular flexibility index (Phi) is 11.5. The van der Waals surface area contributed by atoms with Gasteiger partial charge in [0.2, 0.25) is 0 Å². The van der Waals surface area contributed by atoms with E-state index in [1.807, 2.05) is 24.3 Å². The second-order valence-corrected chi connectivity index (χ2v) is 16.4. The van der Waals surface area contributed by atoms with Crippen molar-refractivity contribution in [1.29, 1.82) is 0 Å². The van der Waals surface area contributed by atoms with Crippen molar-refractivity contribution in [3.8, 4) is 29.1 Å². The number of fused-ring (bicyclic) bond motifs is 3. The van der Waals surface area contributed by atoms with Crippen molar-refractivity contribution >= 4 is 22.3 Å². The van der Waals surface area contributed by atoms with Gasteiger partial charge in [-0.05, 0) is 139 Å². The predicted octanol–water partition coefficient (Wildman–Crippen LogP) is 7.43. The number of ketones is 2. The zero-order valence-corrected chi connectivity index (χ0v) is 31.0. The van der Waals surface area contributed by atoms with Crippen LogP contribution >= 0.6 is 0 Å². The summed E-state index contributed by atoms with van der Waals surface area (Å²) in [6.07, 6.45) is 10.7. The zero-order chi connectivity index (χ0) is 37.1. The molecule has 7 atom stereocenters.